The first-order valence-electron chi connectivity index (χ1n) is 6.82. The van der Waals surface area contributed by atoms with Crippen LogP contribution in [0.2, 0.25) is 0 Å². The van der Waals surface area contributed by atoms with Crippen LogP contribution >= 0.6 is 0 Å². The Morgan fingerprint density at radius 3 is 2.41 bits per heavy atom. The van der Waals surface area contributed by atoms with Crippen LogP contribution in [0.3, 0.4) is 0 Å². The number of aliphatic hydroxyl groups excluding tert-OH is 3. The summed E-state index contributed by atoms with van der Waals surface area (Å²) < 4.78 is 5.69. The van der Waals surface area contributed by atoms with Crippen molar-refractivity contribution >= 4 is 0 Å². The number of rotatable bonds is 6. The van der Waals surface area contributed by atoms with E-state index in [0.717, 1.165) is 19.3 Å². The van der Waals surface area contributed by atoms with Crippen molar-refractivity contribution in [3.05, 3.63) is 0 Å². The topological polar surface area (TPSA) is 69.9 Å². The Bertz CT molecular complexity index is 246. The summed E-state index contributed by atoms with van der Waals surface area (Å²) in [5, 5.41) is 29.2. The lowest BCUT2D eigenvalue weighted by molar-refractivity contribution is -0.158. The van der Waals surface area contributed by atoms with Crippen LogP contribution in [0.25, 0.3) is 0 Å². The van der Waals surface area contributed by atoms with Crippen molar-refractivity contribution < 1.29 is 20.1 Å². The van der Waals surface area contributed by atoms with E-state index >= 15 is 0 Å². The highest BCUT2D eigenvalue weighted by molar-refractivity contribution is 5.07. The first-order chi connectivity index (χ1) is 8.16. The normalized spacial score (nSPS) is 44.5. The molecule has 0 amide bonds. The zero-order valence-corrected chi connectivity index (χ0v) is 10.5. The molecule has 2 saturated carbocycles. The molecule has 100 valence electrons. The molecule has 0 bridgehead atoms. The SMILES string of the molecule is CCCCCCO[C@H]1[C@H](O)[C@@H](O)[C@H](O)[C@H]2C[C@H]21. The number of fused-ring (bicyclic) bond motifs is 1. The van der Waals surface area contributed by atoms with Crippen LogP contribution in [0.5, 0.6) is 0 Å². The number of unbranched alkanes of at least 4 members (excludes halogenated alkanes) is 3. The summed E-state index contributed by atoms with van der Waals surface area (Å²) >= 11 is 0. The zero-order chi connectivity index (χ0) is 12.4. The van der Waals surface area contributed by atoms with Gasteiger partial charge in [0.15, 0.2) is 0 Å². The van der Waals surface area contributed by atoms with E-state index in [-0.39, 0.29) is 17.9 Å². The molecule has 4 heteroatoms. The van der Waals surface area contributed by atoms with Crippen molar-refractivity contribution in [2.24, 2.45) is 11.8 Å². The largest absolute Gasteiger partial charge is 0.390 e. The van der Waals surface area contributed by atoms with Crippen molar-refractivity contribution in [1.29, 1.82) is 0 Å². The number of hydrogen-bond donors (Lipinski definition) is 3. The summed E-state index contributed by atoms with van der Waals surface area (Å²) in [7, 11) is 0. The quantitative estimate of drug-likeness (QED) is 0.601. The summed E-state index contributed by atoms with van der Waals surface area (Å²) in [5.41, 5.74) is 0. The van der Waals surface area contributed by atoms with E-state index in [9.17, 15) is 15.3 Å². The summed E-state index contributed by atoms with van der Waals surface area (Å²) in [6.07, 6.45) is 2.42. The first kappa shape index (κ1) is 13.3. The molecule has 4 nitrogen and oxygen atoms in total. The lowest BCUT2D eigenvalue weighted by Crippen LogP contribution is -2.51. The van der Waals surface area contributed by atoms with Gasteiger partial charge in [0, 0.05) is 6.61 Å². The highest BCUT2D eigenvalue weighted by atomic mass is 16.5. The van der Waals surface area contributed by atoms with Crippen molar-refractivity contribution in [2.45, 2.75) is 63.4 Å². The molecule has 2 aliphatic carbocycles. The molecule has 0 unspecified atom stereocenters. The fourth-order valence-corrected chi connectivity index (χ4v) is 2.88. The van der Waals surface area contributed by atoms with Crippen LogP contribution < -0.4 is 0 Å². The smallest absolute Gasteiger partial charge is 0.109 e. The van der Waals surface area contributed by atoms with Gasteiger partial charge < -0.3 is 20.1 Å². The van der Waals surface area contributed by atoms with Gasteiger partial charge in [0.25, 0.3) is 0 Å². The van der Waals surface area contributed by atoms with Crippen LogP contribution in [-0.4, -0.2) is 46.3 Å². The minimum atomic E-state index is -1.04. The standard InChI is InChI=1S/C13H24O4/c1-2-3-4-5-6-17-13-9-7-8(9)10(14)11(15)12(13)16/h8-16H,2-7H2,1H3/t8-,9+,10+,11-,12+,13+/m0/s1. The van der Waals surface area contributed by atoms with Gasteiger partial charge in [0.1, 0.15) is 12.2 Å². The molecule has 0 aromatic heterocycles. The van der Waals surface area contributed by atoms with E-state index in [1.165, 1.54) is 12.8 Å². The maximum absolute atomic E-state index is 9.87. The second-order valence-electron chi connectivity index (χ2n) is 5.43. The Hall–Kier alpha value is -0.160. The average Bonchev–Trinajstić information content (AvgIpc) is 3.10. The van der Waals surface area contributed by atoms with Gasteiger partial charge >= 0.3 is 0 Å². The van der Waals surface area contributed by atoms with Crippen LogP contribution in [0.4, 0.5) is 0 Å². The fourth-order valence-electron chi connectivity index (χ4n) is 2.88. The highest BCUT2D eigenvalue weighted by Crippen LogP contribution is 2.50. The van der Waals surface area contributed by atoms with Gasteiger partial charge in [0.2, 0.25) is 0 Å². The lowest BCUT2D eigenvalue weighted by Gasteiger charge is -2.34. The summed E-state index contributed by atoms with van der Waals surface area (Å²) in [4.78, 5) is 0. The molecule has 0 aromatic carbocycles. The molecule has 2 aliphatic rings. The van der Waals surface area contributed by atoms with Gasteiger partial charge in [0.05, 0.1) is 12.2 Å². The Morgan fingerprint density at radius 2 is 1.71 bits per heavy atom. The van der Waals surface area contributed by atoms with Gasteiger partial charge in [-0.25, -0.2) is 0 Å². The predicted octanol–water partition coefficient (Wildman–Crippen LogP) is 0.684. The minimum Gasteiger partial charge on any atom is -0.390 e. The molecule has 2 fully saturated rings. The molecule has 2 rings (SSSR count). The van der Waals surface area contributed by atoms with Crippen molar-refractivity contribution in [1.82, 2.24) is 0 Å². The van der Waals surface area contributed by atoms with Crippen LogP contribution in [-0.2, 0) is 4.74 Å². The van der Waals surface area contributed by atoms with Gasteiger partial charge in [-0.1, -0.05) is 26.2 Å². The molecular weight excluding hydrogens is 220 g/mol. The third kappa shape index (κ3) is 2.81. The van der Waals surface area contributed by atoms with E-state index in [2.05, 4.69) is 6.92 Å². The Morgan fingerprint density at radius 1 is 0.941 bits per heavy atom. The van der Waals surface area contributed by atoms with Gasteiger partial charge in [-0.2, -0.15) is 0 Å². The molecule has 6 atom stereocenters. The first-order valence-corrected chi connectivity index (χ1v) is 6.82. The number of hydrogen-bond acceptors (Lipinski definition) is 4. The zero-order valence-electron chi connectivity index (χ0n) is 10.5. The average molecular weight is 244 g/mol. The molecule has 0 radical (unpaired) electrons. The van der Waals surface area contributed by atoms with Crippen molar-refractivity contribution in [3.8, 4) is 0 Å². The van der Waals surface area contributed by atoms with Gasteiger partial charge in [-0.05, 0) is 24.7 Å². The van der Waals surface area contributed by atoms with E-state index < -0.39 is 18.3 Å². The van der Waals surface area contributed by atoms with E-state index in [4.69, 9.17) is 4.74 Å². The molecule has 0 saturated heterocycles. The van der Waals surface area contributed by atoms with Crippen LogP contribution in [0, 0.1) is 11.8 Å². The molecule has 0 spiro atoms. The van der Waals surface area contributed by atoms with E-state index in [0.29, 0.717) is 6.61 Å². The number of aliphatic hydroxyl groups is 3. The maximum Gasteiger partial charge on any atom is 0.109 e. The Balaban J connectivity index is 1.73. The van der Waals surface area contributed by atoms with Gasteiger partial charge in [-0.15, -0.1) is 0 Å². The van der Waals surface area contributed by atoms with Gasteiger partial charge in [-0.3, -0.25) is 0 Å². The second-order valence-corrected chi connectivity index (χ2v) is 5.43. The minimum absolute atomic E-state index is 0.133. The summed E-state index contributed by atoms with van der Waals surface area (Å²) in [6, 6.07) is 0. The van der Waals surface area contributed by atoms with Crippen molar-refractivity contribution in [3.63, 3.8) is 0 Å². The van der Waals surface area contributed by atoms with Crippen molar-refractivity contribution in [2.75, 3.05) is 6.61 Å². The molecule has 0 aliphatic heterocycles. The summed E-state index contributed by atoms with van der Waals surface area (Å²) in [5.74, 6) is 0.378. The second kappa shape index (κ2) is 5.65. The Labute approximate surface area is 103 Å². The molecule has 17 heavy (non-hydrogen) atoms. The Kier molecular flexibility index (Phi) is 4.42. The van der Waals surface area contributed by atoms with E-state index in [1.807, 2.05) is 0 Å². The number of ether oxygens (including phenoxy) is 1. The molecule has 3 N–H and O–H groups in total. The summed E-state index contributed by atoms with van der Waals surface area (Å²) in [6.45, 7) is 2.81. The molecule has 0 aromatic rings. The van der Waals surface area contributed by atoms with E-state index in [1.54, 1.807) is 0 Å². The van der Waals surface area contributed by atoms with Crippen LogP contribution in [0.1, 0.15) is 39.0 Å². The molecule has 0 heterocycles. The predicted molar refractivity (Wildman–Crippen MR) is 63.5 cm³/mol. The maximum atomic E-state index is 9.87. The van der Waals surface area contributed by atoms with Crippen LogP contribution in [0.15, 0.2) is 0 Å². The third-order valence-corrected chi connectivity index (χ3v) is 4.10. The molecular formula is C13H24O4. The fraction of sp³-hybridized carbons (Fsp3) is 1.00. The highest BCUT2D eigenvalue weighted by Gasteiger charge is 2.58. The monoisotopic (exact) mass is 244 g/mol. The lowest BCUT2D eigenvalue weighted by atomic mass is 9.89. The third-order valence-electron chi connectivity index (χ3n) is 4.10.